The molecule has 0 unspecified atom stereocenters. The summed E-state index contributed by atoms with van der Waals surface area (Å²) in [6, 6.07) is 13.3. The molecular formula is C23H19ClFN3O2S. The lowest BCUT2D eigenvalue weighted by Gasteiger charge is -2.05. The van der Waals surface area contributed by atoms with Crippen molar-refractivity contribution in [2.75, 3.05) is 11.9 Å². The Morgan fingerprint density at radius 2 is 1.94 bits per heavy atom. The third-order valence-corrected chi connectivity index (χ3v) is 6.36. The molecule has 2 aromatic carbocycles. The number of aryl methyl sites for hydroxylation is 1. The molecule has 0 fully saturated rings. The monoisotopic (exact) mass is 455 g/mol. The highest BCUT2D eigenvalue weighted by atomic mass is 35.5. The average molecular weight is 456 g/mol. The molecule has 0 aliphatic heterocycles. The summed E-state index contributed by atoms with van der Waals surface area (Å²) in [6.07, 6.45) is 2.66. The number of fused-ring (bicyclic) bond motifs is 1. The van der Waals surface area contributed by atoms with Gasteiger partial charge in [-0.2, -0.15) is 0 Å². The zero-order valence-electron chi connectivity index (χ0n) is 16.6. The molecule has 4 aromatic rings. The molecule has 0 aliphatic rings. The van der Waals surface area contributed by atoms with Crippen LogP contribution in [0.5, 0.6) is 0 Å². The number of benzene rings is 2. The number of hydrogen-bond donors (Lipinski definition) is 3. The van der Waals surface area contributed by atoms with Gasteiger partial charge in [-0.25, -0.2) is 4.39 Å². The Morgan fingerprint density at radius 3 is 2.74 bits per heavy atom. The van der Waals surface area contributed by atoms with E-state index < -0.39 is 11.7 Å². The Bertz CT molecular complexity index is 1280. The summed E-state index contributed by atoms with van der Waals surface area (Å²) in [5.74, 6) is -1.17. The molecule has 3 N–H and O–H groups in total. The van der Waals surface area contributed by atoms with E-state index in [1.807, 2.05) is 31.3 Å². The van der Waals surface area contributed by atoms with Crippen molar-refractivity contribution in [1.29, 1.82) is 0 Å². The van der Waals surface area contributed by atoms with Gasteiger partial charge in [0.1, 0.15) is 5.82 Å². The molecule has 8 heteroatoms. The minimum absolute atomic E-state index is 0.0287. The number of rotatable bonds is 6. The van der Waals surface area contributed by atoms with Crippen LogP contribution in [0.25, 0.3) is 10.9 Å². The molecule has 2 heterocycles. The highest BCUT2D eigenvalue weighted by Crippen LogP contribution is 2.28. The molecular weight excluding hydrogens is 437 g/mol. The van der Waals surface area contributed by atoms with E-state index in [0.717, 1.165) is 28.1 Å². The minimum Gasteiger partial charge on any atom is -0.361 e. The van der Waals surface area contributed by atoms with Crippen LogP contribution in [-0.2, 0) is 6.42 Å². The van der Waals surface area contributed by atoms with Crippen LogP contribution >= 0.6 is 22.9 Å². The number of aromatic amines is 1. The molecule has 2 amide bonds. The average Bonchev–Trinajstić information content (AvgIpc) is 3.31. The van der Waals surface area contributed by atoms with Crippen molar-refractivity contribution in [2.45, 2.75) is 13.3 Å². The molecule has 0 saturated heterocycles. The van der Waals surface area contributed by atoms with Crippen molar-refractivity contribution in [1.82, 2.24) is 10.3 Å². The van der Waals surface area contributed by atoms with Crippen molar-refractivity contribution in [3.8, 4) is 0 Å². The number of halogens is 2. The van der Waals surface area contributed by atoms with E-state index in [2.05, 4.69) is 21.7 Å². The van der Waals surface area contributed by atoms with Crippen LogP contribution in [0.2, 0.25) is 5.02 Å². The Kier molecular flexibility index (Phi) is 6.06. The zero-order chi connectivity index (χ0) is 22.0. The van der Waals surface area contributed by atoms with Gasteiger partial charge in [0, 0.05) is 23.6 Å². The number of carbonyl (C=O) groups is 2. The molecule has 2 aromatic heterocycles. The largest absolute Gasteiger partial charge is 0.361 e. The maximum absolute atomic E-state index is 13.2. The molecule has 0 aliphatic carbocycles. The lowest BCUT2D eigenvalue weighted by Crippen LogP contribution is -2.25. The van der Waals surface area contributed by atoms with Crippen LogP contribution in [-0.4, -0.2) is 23.3 Å². The molecule has 0 saturated carbocycles. The Balaban J connectivity index is 1.38. The number of nitrogens with one attached hydrogen (secondary N) is 3. The predicted molar refractivity (Wildman–Crippen MR) is 123 cm³/mol. The summed E-state index contributed by atoms with van der Waals surface area (Å²) in [5.41, 5.74) is 3.14. The fraction of sp³-hybridized carbons (Fsp3) is 0.130. The summed E-state index contributed by atoms with van der Waals surface area (Å²) in [4.78, 5) is 28.8. The van der Waals surface area contributed by atoms with Gasteiger partial charge in [0.25, 0.3) is 11.8 Å². The normalized spacial score (nSPS) is 10.9. The van der Waals surface area contributed by atoms with Crippen molar-refractivity contribution in [2.24, 2.45) is 0 Å². The lowest BCUT2D eigenvalue weighted by molar-refractivity contribution is 0.0956. The molecule has 0 radical (unpaired) electrons. The topological polar surface area (TPSA) is 74.0 Å². The van der Waals surface area contributed by atoms with Gasteiger partial charge in [-0.15, -0.1) is 11.3 Å². The van der Waals surface area contributed by atoms with Crippen LogP contribution in [0.15, 0.2) is 54.7 Å². The number of carbonyl (C=O) groups excluding carboxylic acids is 2. The van der Waals surface area contributed by atoms with Crippen molar-refractivity contribution >= 4 is 50.7 Å². The van der Waals surface area contributed by atoms with Crippen molar-refractivity contribution in [3.63, 3.8) is 0 Å². The van der Waals surface area contributed by atoms with Crippen LogP contribution < -0.4 is 10.6 Å². The molecule has 4 rings (SSSR count). The van der Waals surface area contributed by atoms with Crippen LogP contribution in [0, 0.1) is 12.7 Å². The number of H-pyrrole nitrogens is 1. The third-order valence-electron chi connectivity index (χ3n) is 4.89. The quantitative estimate of drug-likeness (QED) is 0.356. The SMILES string of the molecule is Cc1cc(NC(=O)c2ccc(F)cc2Cl)sc1C(=O)NCCc1c[nH]c2ccccc12. The number of aromatic nitrogens is 1. The van der Waals surface area contributed by atoms with E-state index in [1.54, 1.807) is 6.07 Å². The van der Waals surface area contributed by atoms with Crippen molar-refractivity contribution < 1.29 is 14.0 Å². The molecule has 31 heavy (non-hydrogen) atoms. The third kappa shape index (κ3) is 4.62. The predicted octanol–water partition coefficient (Wildman–Crippen LogP) is 5.56. The Hall–Kier alpha value is -3.16. The highest BCUT2D eigenvalue weighted by Gasteiger charge is 2.17. The van der Waals surface area contributed by atoms with Gasteiger partial charge in [-0.3, -0.25) is 9.59 Å². The molecule has 0 spiro atoms. The van der Waals surface area contributed by atoms with Gasteiger partial charge in [-0.05, 0) is 54.8 Å². The summed E-state index contributed by atoms with van der Waals surface area (Å²) in [5, 5.41) is 7.35. The van der Waals surface area contributed by atoms with E-state index in [-0.39, 0.29) is 16.5 Å². The number of hydrogen-bond acceptors (Lipinski definition) is 3. The lowest BCUT2D eigenvalue weighted by atomic mass is 10.1. The number of anilines is 1. The van der Waals surface area contributed by atoms with E-state index in [4.69, 9.17) is 11.6 Å². The second kappa shape index (κ2) is 8.91. The maximum atomic E-state index is 13.2. The smallest absolute Gasteiger partial charge is 0.261 e. The number of thiophene rings is 1. The van der Waals surface area contributed by atoms with Gasteiger partial charge in [0.2, 0.25) is 0 Å². The van der Waals surface area contributed by atoms with Crippen LogP contribution in [0.3, 0.4) is 0 Å². The van der Waals surface area contributed by atoms with E-state index in [1.165, 1.54) is 23.5 Å². The number of amides is 2. The van der Waals surface area contributed by atoms with Gasteiger partial charge >= 0.3 is 0 Å². The van der Waals surface area contributed by atoms with E-state index >= 15 is 0 Å². The molecule has 0 bridgehead atoms. The first-order valence-electron chi connectivity index (χ1n) is 9.62. The second-order valence-electron chi connectivity index (χ2n) is 7.07. The summed E-state index contributed by atoms with van der Waals surface area (Å²) in [6.45, 7) is 2.30. The van der Waals surface area contributed by atoms with E-state index in [9.17, 15) is 14.0 Å². The Labute approximate surface area is 187 Å². The Morgan fingerprint density at radius 1 is 1.13 bits per heavy atom. The molecule has 0 atom stereocenters. The second-order valence-corrected chi connectivity index (χ2v) is 8.53. The number of para-hydroxylation sites is 1. The zero-order valence-corrected chi connectivity index (χ0v) is 18.2. The minimum atomic E-state index is -0.514. The van der Waals surface area contributed by atoms with Gasteiger partial charge in [0.05, 0.1) is 20.5 Å². The van der Waals surface area contributed by atoms with Gasteiger partial charge in [0.15, 0.2) is 0 Å². The van der Waals surface area contributed by atoms with Crippen LogP contribution in [0.4, 0.5) is 9.39 Å². The van der Waals surface area contributed by atoms with Crippen molar-refractivity contribution in [3.05, 3.63) is 87.1 Å². The van der Waals surface area contributed by atoms with Crippen LogP contribution in [0.1, 0.15) is 31.2 Å². The van der Waals surface area contributed by atoms with Gasteiger partial charge in [-0.1, -0.05) is 29.8 Å². The summed E-state index contributed by atoms with van der Waals surface area (Å²) < 4.78 is 13.2. The van der Waals surface area contributed by atoms with Gasteiger partial charge < -0.3 is 15.6 Å². The molecule has 5 nitrogen and oxygen atoms in total. The fourth-order valence-corrected chi connectivity index (χ4v) is 4.59. The first-order chi connectivity index (χ1) is 14.9. The standard InChI is InChI=1S/C23H19ClFN3O2S/c1-13-10-20(28-22(29)17-7-6-15(25)11-18(17)24)31-21(13)23(30)26-9-8-14-12-27-19-5-3-2-4-16(14)19/h2-7,10-12,27H,8-9H2,1H3,(H,26,30)(H,28,29). The fourth-order valence-electron chi connectivity index (χ4n) is 3.35. The summed E-state index contributed by atoms with van der Waals surface area (Å²) >= 11 is 7.13. The first kappa shape index (κ1) is 21.1. The van der Waals surface area contributed by atoms with E-state index in [0.29, 0.717) is 22.8 Å². The first-order valence-corrected chi connectivity index (χ1v) is 10.8. The highest BCUT2D eigenvalue weighted by molar-refractivity contribution is 7.18. The summed E-state index contributed by atoms with van der Waals surface area (Å²) in [7, 11) is 0. The molecule has 158 valence electrons. The maximum Gasteiger partial charge on any atom is 0.261 e.